The first-order valence-electron chi connectivity index (χ1n) is 6.75. The number of para-hydroxylation sites is 1. The highest BCUT2D eigenvalue weighted by Gasteiger charge is 2.31. The second-order valence-electron chi connectivity index (χ2n) is 5.13. The van der Waals surface area contributed by atoms with Gasteiger partial charge in [0, 0.05) is 25.5 Å². The highest BCUT2D eigenvalue weighted by atomic mass is 16.2. The second-order valence-corrected chi connectivity index (χ2v) is 5.13. The van der Waals surface area contributed by atoms with Crippen molar-refractivity contribution in [1.82, 2.24) is 14.7 Å². The van der Waals surface area contributed by atoms with Crippen LogP contribution >= 0.6 is 0 Å². The number of rotatable bonds is 1. The summed E-state index contributed by atoms with van der Waals surface area (Å²) in [6.07, 6.45) is 1.71. The third-order valence-corrected chi connectivity index (χ3v) is 3.66. The van der Waals surface area contributed by atoms with Crippen molar-refractivity contribution in [3.8, 4) is 0 Å². The number of anilines is 1. The van der Waals surface area contributed by atoms with E-state index in [-0.39, 0.29) is 11.8 Å². The Morgan fingerprint density at radius 2 is 2.10 bits per heavy atom. The van der Waals surface area contributed by atoms with Gasteiger partial charge in [0.1, 0.15) is 11.7 Å². The van der Waals surface area contributed by atoms with Crippen LogP contribution in [0, 0.1) is 0 Å². The van der Waals surface area contributed by atoms with Gasteiger partial charge in [0.15, 0.2) is 0 Å². The predicted molar refractivity (Wildman–Crippen MR) is 77.6 cm³/mol. The summed E-state index contributed by atoms with van der Waals surface area (Å²) in [4.78, 5) is 26.3. The van der Waals surface area contributed by atoms with Crippen molar-refractivity contribution in [3.63, 3.8) is 0 Å². The lowest BCUT2D eigenvalue weighted by atomic mass is 10.1. The normalized spacial score (nSPS) is 17.9. The molecular weight excluding hydrogens is 268 g/mol. The molecule has 0 aliphatic carbocycles. The first-order chi connectivity index (χ1) is 10.1. The van der Waals surface area contributed by atoms with E-state index in [1.807, 2.05) is 24.3 Å². The van der Waals surface area contributed by atoms with Gasteiger partial charge in [-0.05, 0) is 24.6 Å². The number of aromatic nitrogens is 2. The minimum Gasteiger partial charge on any atom is -0.324 e. The molecule has 1 aliphatic rings. The zero-order chi connectivity index (χ0) is 15.0. The molecule has 1 atom stereocenters. The number of hydrogen-bond acceptors (Lipinski definition) is 3. The molecule has 1 unspecified atom stereocenters. The van der Waals surface area contributed by atoms with Gasteiger partial charge in [-0.25, -0.2) is 0 Å². The molecule has 1 aromatic heterocycles. The Morgan fingerprint density at radius 1 is 1.33 bits per heavy atom. The maximum atomic E-state index is 12.6. The van der Waals surface area contributed by atoms with Crippen LogP contribution < -0.4 is 5.32 Å². The number of carbonyl (C=O) groups is 2. The fraction of sp³-hybridized carbons (Fsp3) is 0.267. The van der Waals surface area contributed by atoms with Crippen molar-refractivity contribution in [2.45, 2.75) is 19.5 Å². The highest BCUT2D eigenvalue weighted by Crippen LogP contribution is 2.23. The number of amides is 2. The fourth-order valence-electron chi connectivity index (χ4n) is 2.40. The molecule has 108 valence electrons. The summed E-state index contributed by atoms with van der Waals surface area (Å²) >= 11 is 0. The van der Waals surface area contributed by atoms with Crippen molar-refractivity contribution >= 4 is 17.5 Å². The van der Waals surface area contributed by atoms with Crippen LogP contribution in [-0.4, -0.2) is 32.5 Å². The van der Waals surface area contributed by atoms with Gasteiger partial charge in [-0.1, -0.05) is 18.2 Å². The summed E-state index contributed by atoms with van der Waals surface area (Å²) in [6, 6.07) is 8.61. The summed E-state index contributed by atoms with van der Waals surface area (Å²) in [7, 11) is 1.75. The van der Waals surface area contributed by atoms with E-state index in [0.29, 0.717) is 12.2 Å². The number of benzene rings is 1. The lowest BCUT2D eigenvalue weighted by molar-refractivity contribution is -0.120. The quantitative estimate of drug-likeness (QED) is 0.860. The van der Waals surface area contributed by atoms with Gasteiger partial charge < -0.3 is 10.2 Å². The molecule has 0 bridgehead atoms. The van der Waals surface area contributed by atoms with Crippen LogP contribution in [0.25, 0.3) is 0 Å². The van der Waals surface area contributed by atoms with E-state index in [9.17, 15) is 9.59 Å². The zero-order valence-electron chi connectivity index (χ0n) is 11.9. The molecule has 6 heteroatoms. The first-order valence-corrected chi connectivity index (χ1v) is 6.75. The molecule has 0 saturated heterocycles. The van der Waals surface area contributed by atoms with Crippen molar-refractivity contribution in [1.29, 1.82) is 0 Å². The van der Waals surface area contributed by atoms with Crippen LogP contribution in [0.1, 0.15) is 23.0 Å². The standard InChI is InChI=1S/C15H16N4O2/c1-10-14(20)16-12-6-4-3-5-11(12)9-19(10)15(21)13-7-8-18(2)17-13/h3-8,10H,9H2,1-2H3,(H,16,20). The average molecular weight is 284 g/mol. The van der Waals surface area contributed by atoms with E-state index >= 15 is 0 Å². The number of fused-ring (bicyclic) bond motifs is 1. The Kier molecular flexibility index (Phi) is 3.21. The van der Waals surface area contributed by atoms with Crippen LogP contribution in [0.15, 0.2) is 36.5 Å². The third-order valence-electron chi connectivity index (χ3n) is 3.66. The molecule has 0 radical (unpaired) electrons. The summed E-state index contributed by atoms with van der Waals surface area (Å²) < 4.78 is 1.57. The third kappa shape index (κ3) is 2.40. The van der Waals surface area contributed by atoms with Crippen molar-refractivity contribution in [2.24, 2.45) is 7.05 Å². The smallest absolute Gasteiger partial charge is 0.275 e. The summed E-state index contributed by atoms with van der Waals surface area (Å²) in [5.41, 5.74) is 2.02. The van der Waals surface area contributed by atoms with Crippen LogP contribution in [0.4, 0.5) is 5.69 Å². The van der Waals surface area contributed by atoms with Gasteiger partial charge in [-0.2, -0.15) is 5.10 Å². The van der Waals surface area contributed by atoms with Crippen LogP contribution in [0.2, 0.25) is 0 Å². The van der Waals surface area contributed by atoms with Crippen LogP contribution in [-0.2, 0) is 18.4 Å². The van der Waals surface area contributed by atoms with Crippen LogP contribution in [0.5, 0.6) is 0 Å². The second kappa shape index (κ2) is 5.05. The molecule has 0 fully saturated rings. The summed E-state index contributed by atoms with van der Waals surface area (Å²) in [5.74, 6) is -0.431. The van der Waals surface area contributed by atoms with Crippen molar-refractivity contribution in [2.75, 3.05) is 5.32 Å². The molecule has 1 N–H and O–H groups in total. The minimum atomic E-state index is -0.549. The van der Waals surface area contributed by atoms with E-state index in [0.717, 1.165) is 11.3 Å². The maximum Gasteiger partial charge on any atom is 0.275 e. The Labute approximate surface area is 122 Å². The lowest BCUT2D eigenvalue weighted by Crippen LogP contribution is -2.43. The molecule has 2 amide bonds. The maximum absolute atomic E-state index is 12.6. The highest BCUT2D eigenvalue weighted by molar-refractivity contribution is 6.01. The first kappa shape index (κ1) is 13.4. The number of carbonyl (C=O) groups excluding carboxylic acids is 2. The summed E-state index contributed by atoms with van der Waals surface area (Å²) in [6.45, 7) is 2.10. The van der Waals surface area contributed by atoms with Gasteiger partial charge in [0.2, 0.25) is 5.91 Å². The van der Waals surface area contributed by atoms with Gasteiger partial charge in [0.05, 0.1) is 0 Å². The largest absolute Gasteiger partial charge is 0.324 e. The number of aryl methyl sites for hydroxylation is 1. The Morgan fingerprint density at radius 3 is 2.81 bits per heavy atom. The fourth-order valence-corrected chi connectivity index (χ4v) is 2.40. The molecule has 2 heterocycles. The van der Waals surface area contributed by atoms with Gasteiger partial charge >= 0.3 is 0 Å². The van der Waals surface area contributed by atoms with E-state index in [1.165, 1.54) is 0 Å². The average Bonchev–Trinajstić information content (AvgIpc) is 2.86. The molecule has 2 aromatic rings. The monoisotopic (exact) mass is 284 g/mol. The lowest BCUT2D eigenvalue weighted by Gasteiger charge is -2.24. The molecule has 0 saturated carbocycles. The Bertz CT molecular complexity index is 707. The van der Waals surface area contributed by atoms with Gasteiger partial charge in [0.25, 0.3) is 5.91 Å². The van der Waals surface area contributed by atoms with E-state index < -0.39 is 6.04 Å². The number of nitrogens with zero attached hydrogens (tertiary/aromatic N) is 3. The van der Waals surface area contributed by atoms with Crippen molar-refractivity contribution < 1.29 is 9.59 Å². The van der Waals surface area contributed by atoms with E-state index in [1.54, 1.807) is 35.8 Å². The molecule has 1 aliphatic heterocycles. The predicted octanol–water partition coefficient (Wildman–Crippen LogP) is 1.40. The zero-order valence-corrected chi connectivity index (χ0v) is 11.9. The van der Waals surface area contributed by atoms with Gasteiger partial charge in [-0.15, -0.1) is 0 Å². The number of hydrogen-bond donors (Lipinski definition) is 1. The van der Waals surface area contributed by atoms with Crippen LogP contribution in [0.3, 0.4) is 0 Å². The molecule has 0 spiro atoms. The van der Waals surface area contributed by atoms with Crippen molar-refractivity contribution in [3.05, 3.63) is 47.8 Å². The number of nitrogens with one attached hydrogen (secondary N) is 1. The molecule has 1 aromatic carbocycles. The van der Waals surface area contributed by atoms with E-state index in [2.05, 4.69) is 10.4 Å². The molecule has 6 nitrogen and oxygen atoms in total. The summed E-state index contributed by atoms with van der Waals surface area (Å²) in [5, 5.41) is 6.98. The minimum absolute atomic E-state index is 0.191. The Balaban J connectivity index is 1.97. The SMILES string of the molecule is CC1C(=O)Nc2ccccc2CN1C(=O)c1ccn(C)n1. The Hall–Kier alpha value is -2.63. The van der Waals surface area contributed by atoms with E-state index in [4.69, 9.17) is 0 Å². The molecule has 3 rings (SSSR count). The van der Waals surface area contributed by atoms with Gasteiger partial charge in [-0.3, -0.25) is 14.3 Å². The molecular formula is C15H16N4O2. The topological polar surface area (TPSA) is 67.2 Å². The molecule has 21 heavy (non-hydrogen) atoms.